The Balaban J connectivity index is 1.63. The third-order valence-corrected chi connectivity index (χ3v) is 6.00. The van der Waals surface area contributed by atoms with Gasteiger partial charge in [0.05, 0.1) is 12.1 Å². The van der Waals surface area contributed by atoms with Crippen molar-refractivity contribution in [1.29, 1.82) is 0 Å². The van der Waals surface area contributed by atoms with Crippen LogP contribution >= 0.6 is 0 Å². The lowest BCUT2D eigenvalue weighted by Gasteiger charge is -2.41. The fourth-order valence-corrected chi connectivity index (χ4v) is 4.37. The highest BCUT2D eigenvalue weighted by molar-refractivity contribution is 5.76. The Kier molecular flexibility index (Phi) is 5.13. The van der Waals surface area contributed by atoms with Crippen LogP contribution < -0.4 is 0 Å². The summed E-state index contributed by atoms with van der Waals surface area (Å²) in [4.78, 5) is 29.5. The SMILES string of the molecule is CN(C(=O)N1CCc2ccccc2[C@@H]1c1ccc(F)cc1)C1CCN(C(=O)O)C1. The van der Waals surface area contributed by atoms with Crippen molar-refractivity contribution in [2.24, 2.45) is 0 Å². The van der Waals surface area contributed by atoms with Crippen LogP contribution in [-0.4, -0.2) is 64.7 Å². The summed E-state index contributed by atoms with van der Waals surface area (Å²) >= 11 is 0. The molecule has 7 heteroatoms. The number of halogens is 1. The fourth-order valence-electron chi connectivity index (χ4n) is 4.37. The minimum Gasteiger partial charge on any atom is -0.465 e. The first kappa shape index (κ1) is 19.2. The van der Waals surface area contributed by atoms with Crippen LogP contribution in [0.2, 0.25) is 0 Å². The Labute approximate surface area is 169 Å². The molecular weight excluding hydrogens is 373 g/mol. The van der Waals surface area contributed by atoms with E-state index in [0.717, 1.165) is 17.5 Å². The highest BCUT2D eigenvalue weighted by Crippen LogP contribution is 2.36. The van der Waals surface area contributed by atoms with Crippen molar-refractivity contribution in [3.8, 4) is 0 Å². The van der Waals surface area contributed by atoms with Crippen molar-refractivity contribution < 1.29 is 19.1 Å². The number of fused-ring (bicyclic) bond motifs is 1. The van der Waals surface area contributed by atoms with Crippen molar-refractivity contribution in [3.05, 3.63) is 71.0 Å². The molecule has 2 heterocycles. The normalized spacial score (nSPS) is 21.0. The predicted molar refractivity (Wildman–Crippen MR) is 106 cm³/mol. The fraction of sp³-hybridized carbons (Fsp3) is 0.364. The first-order valence-corrected chi connectivity index (χ1v) is 9.80. The zero-order chi connectivity index (χ0) is 20.5. The molecule has 2 aromatic carbocycles. The Morgan fingerprint density at radius 2 is 1.83 bits per heavy atom. The Morgan fingerprint density at radius 1 is 1.10 bits per heavy atom. The van der Waals surface area contributed by atoms with E-state index in [4.69, 9.17) is 0 Å². The minimum absolute atomic E-state index is 0.133. The monoisotopic (exact) mass is 397 g/mol. The molecule has 152 valence electrons. The molecule has 3 amide bonds. The van der Waals surface area contributed by atoms with Gasteiger partial charge in [0.15, 0.2) is 0 Å². The average molecular weight is 397 g/mol. The summed E-state index contributed by atoms with van der Waals surface area (Å²) in [6.45, 7) is 1.31. The Hall–Kier alpha value is -3.09. The summed E-state index contributed by atoms with van der Waals surface area (Å²) in [6.07, 6.45) is 0.420. The van der Waals surface area contributed by atoms with E-state index in [1.165, 1.54) is 22.6 Å². The molecule has 1 fully saturated rings. The van der Waals surface area contributed by atoms with E-state index in [-0.39, 0.29) is 23.9 Å². The summed E-state index contributed by atoms with van der Waals surface area (Å²) in [7, 11) is 1.74. The zero-order valence-electron chi connectivity index (χ0n) is 16.3. The van der Waals surface area contributed by atoms with Crippen LogP contribution in [0.1, 0.15) is 29.2 Å². The molecule has 0 bridgehead atoms. The van der Waals surface area contributed by atoms with Gasteiger partial charge in [0.2, 0.25) is 0 Å². The van der Waals surface area contributed by atoms with Gasteiger partial charge >= 0.3 is 12.1 Å². The molecule has 0 aliphatic carbocycles. The summed E-state index contributed by atoms with van der Waals surface area (Å²) in [6, 6.07) is 13.7. The number of rotatable bonds is 2. The number of carbonyl (C=O) groups excluding carboxylic acids is 1. The number of amides is 3. The quantitative estimate of drug-likeness (QED) is 0.843. The number of carbonyl (C=O) groups is 2. The molecule has 2 aliphatic rings. The maximum atomic E-state index is 13.5. The summed E-state index contributed by atoms with van der Waals surface area (Å²) in [5, 5.41) is 9.20. The van der Waals surface area contributed by atoms with Crippen molar-refractivity contribution in [2.75, 3.05) is 26.7 Å². The van der Waals surface area contributed by atoms with E-state index >= 15 is 0 Å². The molecule has 0 radical (unpaired) electrons. The second-order valence-electron chi connectivity index (χ2n) is 7.66. The van der Waals surface area contributed by atoms with Gasteiger partial charge in [0, 0.05) is 26.7 Å². The maximum Gasteiger partial charge on any atom is 0.407 e. The molecule has 6 nitrogen and oxygen atoms in total. The van der Waals surface area contributed by atoms with Crippen molar-refractivity contribution in [2.45, 2.75) is 24.9 Å². The molecule has 1 saturated heterocycles. The number of likely N-dealkylation sites (N-methyl/N-ethyl adjacent to an activating group) is 1. The Bertz CT molecular complexity index is 918. The third-order valence-electron chi connectivity index (χ3n) is 6.00. The van der Waals surface area contributed by atoms with Crippen LogP contribution in [0.25, 0.3) is 0 Å². The summed E-state index contributed by atoms with van der Waals surface area (Å²) in [5.74, 6) is -0.312. The van der Waals surface area contributed by atoms with Gasteiger partial charge in [0.1, 0.15) is 5.82 Å². The van der Waals surface area contributed by atoms with Crippen LogP contribution in [0.15, 0.2) is 48.5 Å². The van der Waals surface area contributed by atoms with Gasteiger partial charge in [-0.2, -0.15) is 0 Å². The van der Waals surface area contributed by atoms with Crippen molar-refractivity contribution in [1.82, 2.24) is 14.7 Å². The molecule has 1 N–H and O–H groups in total. The predicted octanol–water partition coefficient (Wildman–Crippen LogP) is 3.58. The Morgan fingerprint density at radius 3 is 2.52 bits per heavy atom. The van der Waals surface area contributed by atoms with Crippen LogP contribution in [0.5, 0.6) is 0 Å². The average Bonchev–Trinajstić information content (AvgIpc) is 3.23. The lowest BCUT2D eigenvalue weighted by Crippen LogP contribution is -2.50. The first-order valence-electron chi connectivity index (χ1n) is 9.80. The van der Waals surface area contributed by atoms with Gasteiger partial charge in [-0.1, -0.05) is 36.4 Å². The van der Waals surface area contributed by atoms with Crippen LogP contribution in [0.3, 0.4) is 0 Å². The zero-order valence-corrected chi connectivity index (χ0v) is 16.3. The summed E-state index contributed by atoms with van der Waals surface area (Å²) < 4.78 is 13.5. The molecule has 0 saturated carbocycles. The number of hydrogen-bond donors (Lipinski definition) is 1. The number of benzene rings is 2. The van der Waals surface area contributed by atoms with E-state index in [2.05, 4.69) is 6.07 Å². The molecule has 0 aromatic heterocycles. The van der Waals surface area contributed by atoms with Gasteiger partial charge in [-0.05, 0) is 41.7 Å². The topological polar surface area (TPSA) is 64.1 Å². The smallest absolute Gasteiger partial charge is 0.407 e. The molecule has 4 rings (SSSR count). The minimum atomic E-state index is -0.954. The maximum absolute atomic E-state index is 13.5. The number of likely N-dealkylation sites (tertiary alicyclic amines) is 1. The van der Waals surface area contributed by atoms with E-state index in [9.17, 15) is 19.1 Å². The van der Waals surface area contributed by atoms with Crippen LogP contribution in [-0.2, 0) is 6.42 Å². The van der Waals surface area contributed by atoms with Gasteiger partial charge in [0.25, 0.3) is 0 Å². The van der Waals surface area contributed by atoms with E-state index in [1.807, 2.05) is 23.1 Å². The van der Waals surface area contributed by atoms with Gasteiger partial charge < -0.3 is 19.8 Å². The summed E-state index contributed by atoms with van der Waals surface area (Å²) in [5.41, 5.74) is 3.09. The number of hydrogen-bond acceptors (Lipinski definition) is 2. The second-order valence-corrected chi connectivity index (χ2v) is 7.66. The lowest BCUT2D eigenvalue weighted by molar-refractivity contribution is 0.127. The van der Waals surface area contributed by atoms with Gasteiger partial charge in [-0.3, -0.25) is 0 Å². The van der Waals surface area contributed by atoms with Gasteiger partial charge in [-0.25, -0.2) is 14.0 Å². The number of nitrogens with zero attached hydrogens (tertiary/aromatic N) is 3. The molecule has 2 atom stereocenters. The van der Waals surface area contributed by atoms with E-state index < -0.39 is 6.09 Å². The standard InChI is InChI=1S/C22H24FN3O3/c1-24(18-11-12-25(14-18)22(28)29)21(27)26-13-10-15-4-2-3-5-19(15)20(26)16-6-8-17(23)9-7-16/h2-9,18,20H,10-14H2,1H3,(H,28,29)/t18?,20-/m0/s1. The van der Waals surface area contributed by atoms with E-state index in [0.29, 0.717) is 26.1 Å². The van der Waals surface area contributed by atoms with Crippen molar-refractivity contribution >= 4 is 12.1 Å². The molecule has 2 aromatic rings. The highest BCUT2D eigenvalue weighted by atomic mass is 19.1. The molecule has 2 aliphatic heterocycles. The van der Waals surface area contributed by atoms with Gasteiger partial charge in [-0.15, -0.1) is 0 Å². The lowest BCUT2D eigenvalue weighted by atomic mass is 9.88. The van der Waals surface area contributed by atoms with E-state index in [1.54, 1.807) is 24.1 Å². The number of carboxylic acid groups (broad SMARTS) is 1. The van der Waals surface area contributed by atoms with Crippen LogP contribution in [0.4, 0.5) is 14.0 Å². The third kappa shape index (κ3) is 3.64. The molecular formula is C22H24FN3O3. The van der Waals surface area contributed by atoms with Crippen LogP contribution in [0, 0.1) is 5.82 Å². The highest BCUT2D eigenvalue weighted by Gasteiger charge is 2.37. The molecule has 0 spiro atoms. The van der Waals surface area contributed by atoms with Crippen molar-refractivity contribution in [3.63, 3.8) is 0 Å². The molecule has 1 unspecified atom stereocenters. The first-order chi connectivity index (χ1) is 14.0. The number of urea groups is 1. The second kappa shape index (κ2) is 7.73. The molecule has 29 heavy (non-hydrogen) atoms. The largest absolute Gasteiger partial charge is 0.465 e.